The summed E-state index contributed by atoms with van der Waals surface area (Å²) in [7, 11) is 0. The van der Waals surface area contributed by atoms with Crippen LogP contribution in [-0.2, 0) is 0 Å². The Balaban J connectivity index is 1.89. The van der Waals surface area contributed by atoms with Crippen molar-refractivity contribution in [3.05, 3.63) is 35.7 Å². The van der Waals surface area contributed by atoms with Gasteiger partial charge in [-0.2, -0.15) is 0 Å². The Morgan fingerprint density at radius 1 is 1.45 bits per heavy atom. The predicted molar refractivity (Wildman–Crippen MR) is 80.6 cm³/mol. The van der Waals surface area contributed by atoms with E-state index < -0.39 is 0 Å². The number of benzene rings is 1. The highest BCUT2D eigenvalue weighted by Gasteiger charge is 2.15. The van der Waals surface area contributed by atoms with Crippen molar-refractivity contribution in [2.45, 2.75) is 11.8 Å². The van der Waals surface area contributed by atoms with Crippen molar-refractivity contribution in [1.82, 2.24) is 10.1 Å². The molecule has 5 nitrogen and oxygen atoms in total. The van der Waals surface area contributed by atoms with Gasteiger partial charge in [-0.25, -0.2) is 4.98 Å². The molecule has 0 atom stereocenters. The van der Waals surface area contributed by atoms with E-state index in [0.29, 0.717) is 10.8 Å². The van der Waals surface area contributed by atoms with Crippen LogP contribution in [0.4, 0.5) is 5.13 Å². The van der Waals surface area contributed by atoms with Crippen molar-refractivity contribution in [2.75, 3.05) is 11.6 Å². The number of aryl methyl sites for hydroxylation is 1. The predicted octanol–water partition coefficient (Wildman–Crippen LogP) is 3.57. The highest BCUT2D eigenvalue weighted by molar-refractivity contribution is 7.98. The number of rotatable bonds is 3. The van der Waals surface area contributed by atoms with Crippen molar-refractivity contribution >= 4 is 44.4 Å². The molecule has 0 radical (unpaired) electrons. The van der Waals surface area contributed by atoms with E-state index in [1.54, 1.807) is 24.8 Å². The maximum absolute atomic E-state index is 12.0. The summed E-state index contributed by atoms with van der Waals surface area (Å²) in [6.45, 7) is 1.77. The molecule has 0 bridgehead atoms. The van der Waals surface area contributed by atoms with Crippen molar-refractivity contribution in [2.24, 2.45) is 0 Å². The molecule has 0 fully saturated rings. The third kappa shape index (κ3) is 2.41. The second kappa shape index (κ2) is 5.26. The molecule has 0 spiro atoms. The lowest BCUT2D eigenvalue weighted by atomic mass is 10.3. The molecule has 20 heavy (non-hydrogen) atoms. The van der Waals surface area contributed by atoms with Crippen LogP contribution in [0.25, 0.3) is 10.2 Å². The monoisotopic (exact) mass is 305 g/mol. The Bertz CT molecular complexity index is 779. The van der Waals surface area contributed by atoms with Gasteiger partial charge in [0.15, 0.2) is 5.13 Å². The summed E-state index contributed by atoms with van der Waals surface area (Å²) < 4.78 is 5.97. The number of thiazole rings is 1. The van der Waals surface area contributed by atoms with Gasteiger partial charge in [0.2, 0.25) is 5.76 Å². The van der Waals surface area contributed by atoms with Gasteiger partial charge in [-0.15, -0.1) is 11.8 Å². The standard InChI is InChI=1S/C13H11N3O2S2/c1-7-6-8(18-16-7)12(17)15-13-14-11-9(19-2)4-3-5-10(11)20-13/h3-6H,1-2H3,(H,14,15,17). The lowest BCUT2D eigenvalue weighted by Crippen LogP contribution is -2.10. The van der Waals surface area contributed by atoms with E-state index in [0.717, 1.165) is 15.1 Å². The van der Waals surface area contributed by atoms with Crippen LogP contribution in [-0.4, -0.2) is 22.3 Å². The number of aromatic nitrogens is 2. The highest BCUT2D eigenvalue weighted by atomic mass is 32.2. The molecule has 7 heteroatoms. The average molecular weight is 305 g/mol. The molecule has 1 amide bonds. The second-order valence-electron chi connectivity index (χ2n) is 4.11. The normalized spacial score (nSPS) is 10.9. The van der Waals surface area contributed by atoms with Crippen LogP contribution < -0.4 is 5.32 Å². The first kappa shape index (κ1) is 13.1. The number of carbonyl (C=O) groups excluding carboxylic acids is 1. The fraction of sp³-hybridized carbons (Fsp3) is 0.154. The molecular weight excluding hydrogens is 294 g/mol. The van der Waals surface area contributed by atoms with Crippen LogP contribution >= 0.6 is 23.1 Å². The van der Waals surface area contributed by atoms with Gasteiger partial charge in [0, 0.05) is 11.0 Å². The molecule has 3 aromatic rings. The lowest BCUT2D eigenvalue weighted by Gasteiger charge is -1.96. The molecule has 2 heterocycles. The first-order valence-electron chi connectivity index (χ1n) is 5.85. The zero-order valence-corrected chi connectivity index (χ0v) is 12.5. The van der Waals surface area contributed by atoms with Gasteiger partial charge in [-0.3, -0.25) is 10.1 Å². The Kier molecular flexibility index (Phi) is 3.45. The van der Waals surface area contributed by atoms with E-state index in [1.165, 1.54) is 11.3 Å². The van der Waals surface area contributed by atoms with Crippen LogP contribution in [0.2, 0.25) is 0 Å². The van der Waals surface area contributed by atoms with Gasteiger partial charge in [-0.1, -0.05) is 22.6 Å². The molecule has 0 aliphatic carbocycles. The average Bonchev–Trinajstić information content (AvgIpc) is 3.03. The van der Waals surface area contributed by atoms with Crippen LogP contribution in [0, 0.1) is 6.92 Å². The van der Waals surface area contributed by atoms with Crippen LogP contribution in [0.5, 0.6) is 0 Å². The number of nitrogens with zero attached hydrogens (tertiary/aromatic N) is 2. The molecule has 0 unspecified atom stereocenters. The Morgan fingerprint density at radius 2 is 2.30 bits per heavy atom. The fourth-order valence-corrected chi connectivity index (χ4v) is 3.29. The summed E-state index contributed by atoms with van der Waals surface area (Å²) >= 11 is 3.07. The summed E-state index contributed by atoms with van der Waals surface area (Å²) in [5, 5.41) is 6.99. The molecule has 102 valence electrons. The van der Waals surface area contributed by atoms with E-state index >= 15 is 0 Å². The molecule has 2 aromatic heterocycles. The molecule has 0 aliphatic heterocycles. The van der Waals surface area contributed by atoms with Gasteiger partial charge >= 0.3 is 0 Å². The summed E-state index contributed by atoms with van der Waals surface area (Å²) in [6.07, 6.45) is 2.00. The lowest BCUT2D eigenvalue weighted by molar-refractivity contribution is 0.0988. The number of amides is 1. The number of nitrogens with one attached hydrogen (secondary N) is 1. The largest absolute Gasteiger partial charge is 0.351 e. The van der Waals surface area contributed by atoms with Gasteiger partial charge in [0.05, 0.1) is 15.9 Å². The molecule has 1 N–H and O–H groups in total. The van der Waals surface area contributed by atoms with Gasteiger partial charge in [0.25, 0.3) is 5.91 Å². The zero-order chi connectivity index (χ0) is 14.1. The number of hydrogen-bond donors (Lipinski definition) is 1. The topological polar surface area (TPSA) is 68.0 Å². The van der Waals surface area contributed by atoms with Crippen molar-refractivity contribution in [3.63, 3.8) is 0 Å². The molecule has 0 saturated heterocycles. The third-order valence-electron chi connectivity index (χ3n) is 2.67. The first-order valence-corrected chi connectivity index (χ1v) is 7.89. The van der Waals surface area contributed by atoms with Gasteiger partial charge in [-0.05, 0) is 25.3 Å². The second-order valence-corrected chi connectivity index (χ2v) is 5.99. The number of thioether (sulfide) groups is 1. The summed E-state index contributed by atoms with van der Waals surface area (Å²) in [6, 6.07) is 7.58. The Hall–Kier alpha value is -1.86. The summed E-state index contributed by atoms with van der Waals surface area (Å²) in [5.74, 6) is -0.151. The van der Waals surface area contributed by atoms with Crippen molar-refractivity contribution in [1.29, 1.82) is 0 Å². The smallest absolute Gasteiger partial charge is 0.296 e. The minimum atomic E-state index is -0.338. The Morgan fingerprint density at radius 3 is 3.00 bits per heavy atom. The number of fused-ring (bicyclic) bond motifs is 1. The minimum absolute atomic E-state index is 0.187. The first-order chi connectivity index (χ1) is 9.67. The van der Waals surface area contributed by atoms with E-state index in [-0.39, 0.29) is 11.7 Å². The number of carbonyl (C=O) groups is 1. The highest BCUT2D eigenvalue weighted by Crippen LogP contribution is 2.32. The number of hydrogen-bond acceptors (Lipinski definition) is 6. The fourth-order valence-electron chi connectivity index (χ4n) is 1.77. The zero-order valence-electron chi connectivity index (χ0n) is 10.8. The van der Waals surface area contributed by atoms with Gasteiger partial charge in [0.1, 0.15) is 0 Å². The van der Waals surface area contributed by atoms with Crippen molar-refractivity contribution in [3.8, 4) is 0 Å². The SMILES string of the molecule is CSc1cccc2sc(NC(=O)c3cc(C)no3)nc12. The number of anilines is 1. The molecule has 3 rings (SSSR count). The minimum Gasteiger partial charge on any atom is -0.351 e. The van der Waals surface area contributed by atoms with Crippen LogP contribution in [0.1, 0.15) is 16.2 Å². The van der Waals surface area contributed by atoms with Crippen molar-refractivity contribution < 1.29 is 9.32 Å². The molecule has 0 saturated carbocycles. The maximum Gasteiger partial charge on any atom is 0.296 e. The quantitative estimate of drug-likeness (QED) is 0.749. The maximum atomic E-state index is 12.0. The van der Waals surface area contributed by atoms with Gasteiger partial charge < -0.3 is 4.52 Å². The van der Waals surface area contributed by atoms with E-state index in [9.17, 15) is 4.79 Å². The summed E-state index contributed by atoms with van der Waals surface area (Å²) in [4.78, 5) is 17.5. The molecular formula is C13H11N3O2S2. The molecule has 1 aromatic carbocycles. The number of para-hydroxylation sites is 1. The Labute approximate surface area is 123 Å². The van der Waals surface area contributed by atoms with E-state index in [1.807, 2.05) is 24.5 Å². The van der Waals surface area contributed by atoms with E-state index in [4.69, 9.17) is 4.52 Å². The van der Waals surface area contributed by atoms with Crippen LogP contribution in [0.3, 0.4) is 0 Å². The van der Waals surface area contributed by atoms with E-state index in [2.05, 4.69) is 15.5 Å². The summed E-state index contributed by atoms with van der Waals surface area (Å²) in [5.41, 5.74) is 1.58. The molecule has 0 aliphatic rings. The third-order valence-corrected chi connectivity index (χ3v) is 4.38. The van der Waals surface area contributed by atoms with Crippen LogP contribution in [0.15, 0.2) is 33.7 Å².